The van der Waals surface area contributed by atoms with Crippen LogP contribution in [0.5, 0.6) is 0 Å². The van der Waals surface area contributed by atoms with Gasteiger partial charge in [0, 0.05) is 12.7 Å². The van der Waals surface area contributed by atoms with E-state index >= 15 is 0 Å². The lowest BCUT2D eigenvalue weighted by molar-refractivity contribution is 0.0948. The van der Waals surface area contributed by atoms with E-state index in [2.05, 4.69) is 22.5 Å². The van der Waals surface area contributed by atoms with Gasteiger partial charge in [-0.05, 0) is 24.6 Å². The summed E-state index contributed by atoms with van der Waals surface area (Å²) >= 11 is 6.01. The van der Waals surface area contributed by atoms with E-state index in [1.165, 1.54) is 6.20 Å². The second-order valence-corrected chi connectivity index (χ2v) is 4.65. The van der Waals surface area contributed by atoms with Gasteiger partial charge in [-0.3, -0.25) is 4.79 Å². The second kappa shape index (κ2) is 6.96. The molecule has 20 heavy (non-hydrogen) atoms. The van der Waals surface area contributed by atoms with Crippen LogP contribution in [0.2, 0.25) is 5.02 Å². The molecule has 0 spiro atoms. The molecule has 0 fully saturated rings. The number of nitrogens with one attached hydrogen (secondary N) is 2. The molecular weight excluding hydrogens is 278 g/mol. The molecule has 106 valence electrons. The minimum absolute atomic E-state index is 0.256. The fraction of sp³-hybridized carbons (Fsp3) is 0.286. The van der Waals surface area contributed by atoms with E-state index in [9.17, 15) is 4.79 Å². The Bertz CT molecular complexity index is 570. The Morgan fingerprint density at radius 2 is 2.35 bits per heavy atom. The number of rotatable bonds is 6. The molecule has 0 aliphatic heterocycles. The third-order valence-electron chi connectivity index (χ3n) is 2.66. The lowest BCUT2D eigenvalue weighted by Gasteiger charge is -2.08. The van der Waals surface area contributed by atoms with Crippen LogP contribution in [0.15, 0.2) is 35.1 Å². The monoisotopic (exact) mass is 293 g/mol. The Balaban J connectivity index is 2.04. The number of carbonyl (C=O) groups excluding carboxylic acids is 1. The van der Waals surface area contributed by atoms with E-state index in [1.54, 1.807) is 24.5 Å². The number of hydrogen-bond donors (Lipinski definition) is 2. The SMILES string of the molecule is CCCNc1cc(C(=O)NCc2ccco2)c(Cl)cn1. The van der Waals surface area contributed by atoms with Crippen LogP contribution in [0.3, 0.4) is 0 Å². The fourth-order valence-corrected chi connectivity index (χ4v) is 1.83. The van der Waals surface area contributed by atoms with E-state index in [0.29, 0.717) is 28.7 Å². The first-order chi connectivity index (χ1) is 9.70. The van der Waals surface area contributed by atoms with Crippen molar-refractivity contribution in [2.45, 2.75) is 19.9 Å². The van der Waals surface area contributed by atoms with Gasteiger partial charge in [-0.2, -0.15) is 0 Å². The molecule has 0 atom stereocenters. The number of furan rings is 1. The van der Waals surface area contributed by atoms with Crippen LogP contribution in [0.25, 0.3) is 0 Å². The standard InChI is InChI=1S/C14H16ClN3O2/c1-2-5-16-13-7-11(12(15)9-17-13)14(19)18-8-10-4-3-6-20-10/h3-4,6-7,9H,2,5,8H2,1H3,(H,16,17)(H,18,19). The normalized spacial score (nSPS) is 10.3. The molecule has 2 rings (SSSR count). The molecule has 2 N–H and O–H groups in total. The summed E-state index contributed by atoms with van der Waals surface area (Å²) in [5.74, 6) is 1.07. The zero-order chi connectivity index (χ0) is 14.4. The molecule has 0 radical (unpaired) electrons. The van der Waals surface area contributed by atoms with Crippen molar-refractivity contribution in [2.75, 3.05) is 11.9 Å². The van der Waals surface area contributed by atoms with Crippen molar-refractivity contribution in [3.63, 3.8) is 0 Å². The van der Waals surface area contributed by atoms with E-state index in [0.717, 1.165) is 13.0 Å². The van der Waals surface area contributed by atoms with Gasteiger partial charge in [-0.15, -0.1) is 0 Å². The summed E-state index contributed by atoms with van der Waals surface area (Å²) in [5.41, 5.74) is 0.395. The number of hydrogen-bond acceptors (Lipinski definition) is 4. The van der Waals surface area contributed by atoms with Gasteiger partial charge in [-0.25, -0.2) is 4.98 Å². The predicted molar refractivity (Wildman–Crippen MR) is 77.9 cm³/mol. The largest absolute Gasteiger partial charge is 0.467 e. The predicted octanol–water partition coefficient (Wildman–Crippen LogP) is 3.08. The highest BCUT2D eigenvalue weighted by atomic mass is 35.5. The summed E-state index contributed by atoms with van der Waals surface area (Å²) in [7, 11) is 0. The molecule has 0 saturated heterocycles. The van der Waals surface area contributed by atoms with Crippen molar-refractivity contribution in [1.82, 2.24) is 10.3 Å². The molecular formula is C14H16ClN3O2. The molecule has 0 unspecified atom stereocenters. The van der Waals surface area contributed by atoms with Crippen molar-refractivity contribution in [1.29, 1.82) is 0 Å². The van der Waals surface area contributed by atoms with Gasteiger partial charge in [0.1, 0.15) is 11.6 Å². The number of anilines is 1. The summed E-state index contributed by atoms with van der Waals surface area (Å²) in [6.07, 6.45) is 4.01. The summed E-state index contributed by atoms with van der Waals surface area (Å²) < 4.78 is 5.15. The van der Waals surface area contributed by atoms with Crippen molar-refractivity contribution in [3.05, 3.63) is 47.0 Å². The lowest BCUT2D eigenvalue weighted by atomic mass is 10.2. The first-order valence-corrected chi connectivity index (χ1v) is 6.78. The smallest absolute Gasteiger partial charge is 0.253 e. The molecule has 0 aliphatic rings. The zero-order valence-electron chi connectivity index (χ0n) is 11.1. The van der Waals surface area contributed by atoms with Crippen LogP contribution < -0.4 is 10.6 Å². The molecule has 6 heteroatoms. The highest BCUT2D eigenvalue weighted by molar-refractivity contribution is 6.33. The van der Waals surface area contributed by atoms with Crippen molar-refractivity contribution in [2.24, 2.45) is 0 Å². The van der Waals surface area contributed by atoms with Crippen LogP contribution in [-0.2, 0) is 6.54 Å². The Labute approximate surface area is 122 Å². The van der Waals surface area contributed by atoms with Gasteiger partial charge in [0.05, 0.1) is 23.4 Å². The van der Waals surface area contributed by atoms with Crippen molar-refractivity contribution >= 4 is 23.3 Å². The van der Waals surface area contributed by atoms with Crippen LogP contribution in [-0.4, -0.2) is 17.4 Å². The Morgan fingerprint density at radius 3 is 3.05 bits per heavy atom. The van der Waals surface area contributed by atoms with Gasteiger partial charge in [0.15, 0.2) is 0 Å². The molecule has 1 amide bonds. The fourth-order valence-electron chi connectivity index (χ4n) is 1.64. The molecule has 0 bridgehead atoms. The number of pyridine rings is 1. The summed E-state index contributed by atoms with van der Waals surface area (Å²) in [6.45, 7) is 3.17. The first kappa shape index (κ1) is 14.4. The summed E-state index contributed by atoms with van der Waals surface area (Å²) in [6, 6.07) is 5.21. The molecule has 0 aliphatic carbocycles. The van der Waals surface area contributed by atoms with Crippen LogP contribution >= 0.6 is 11.6 Å². The average Bonchev–Trinajstić information content (AvgIpc) is 2.97. The highest BCUT2D eigenvalue weighted by Crippen LogP contribution is 2.18. The van der Waals surface area contributed by atoms with Gasteiger partial charge in [0.25, 0.3) is 5.91 Å². The maximum Gasteiger partial charge on any atom is 0.253 e. The topological polar surface area (TPSA) is 67.2 Å². The maximum absolute atomic E-state index is 12.1. The number of amides is 1. The minimum atomic E-state index is -0.256. The molecule has 0 saturated carbocycles. The third-order valence-corrected chi connectivity index (χ3v) is 2.96. The van der Waals surface area contributed by atoms with E-state index in [4.69, 9.17) is 16.0 Å². The van der Waals surface area contributed by atoms with Gasteiger partial charge >= 0.3 is 0 Å². The summed E-state index contributed by atoms with van der Waals surface area (Å²) in [4.78, 5) is 16.2. The van der Waals surface area contributed by atoms with Crippen LogP contribution in [0.4, 0.5) is 5.82 Å². The minimum Gasteiger partial charge on any atom is -0.467 e. The Hall–Kier alpha value is -2.01. The maximum atomic E-state index is 12.1. The highest BCUT2D eigenvalue weighted by Gasteiger charge is 2.12. The van der Waals surface area contributed by atoms with Gasteiger partial charge in [0.2, 0.25) is 0 Å². The second-order valence-electron chi connectivity index (χ2n) is 4.24. The molecule has 0 aromatic carbocycles. The van der Waals surface area contributed by atoms with Crippen molar-refractivity contribution < 1.29 is 9.21 Å². The third kappa shape index (κ3) is 3.74. The van der Waals surface area contributed by atoms with Gasteiger partial charge < -0.3 is 15.1 Å². The Morgan fingerprint density at radius 1 is 1.50 bits per heavy atom. The Kier molecular flexibility index (Phi) is 5.01. The van der Waals surface area contributed by atoms with E-state index in [-0.39, 0.29) is 5.91 Å². The van der Waals surface area contributed by atoms with E-state index in [1.807, 2.05) is 0 Å². The molecule has 5 nitrogen and oxygen atoms in total. The zero-order valence-corrected chi connectivity index (χ0v) is 11.9. The first-order valence-electron chi connectivity index (χ1n) is 6.40. The molecule has 2 heterocycles. The lowest BCUT2D eigenvalue weighted by Crippen LogP contribution is -2.23. The number of aromatic nitrogens is 1. The van der Waals surface area contributed by atoms with E-state index < -0.39 is 0 Å². The quantitative estimate of drug-likeness (QED) is 0.859. The molecule has 2 aromatic heterocycles. The van der Waals surface area contributed by atoms with Crippen molar-refractivity contribution in [3.8, 4) is 0 Å². The van der Waals surface area contributed by atoms with Gasteiger partial charge in [-0.1, -0.05) is 18.5 Å². The number of nitrogens with zero attached hydrogens (tertiary/aromatic N) is 1. The van der Waals surface area contributed by atoms with Crippen LogP contribution in [0, 0.1) is 0 Å². The number of carbonyl (C=O) groups is 1. The van der Waals surface area contributed by atoms with Crippen LogP contribution in [0.1, 0.15) is 29.5 Å². The number of halogens is 1. The summed E-state index contributed by atoms with van der Waals surface area (Å²) in [5, 5.41) is 6.19. The average molecular weight is 294 g/mol. The molecule has 2 aromatic rings.